The monoisotopic (exact) mass is 404 g/mol. The molecule has 0 saturated heterocycles. The van der Waals surface area contributed by atoms with E-state index in [0.29, 0.717) is 0 Å². The first-order valence-corrected chi connectivity index (χ1v) is 10.2. The number of likely N-dealkylation sites (N-methyl/N-ethyl adjacent to an activating group) is 1. The van der Waals surface area contributed by atoms with Crippen LogP contribution in [0, 0.1) is 20.8 Å². The largest absolute Gasteiger partial charge is 0.321 e. The molecule has 3 aromatic carbocycles. The van der Waals surface area contributed by atoms with Crippen molar-refractivity contribution >= 4 is 34.0 Å². The van der Waals surface area contributed by atoms with Crippen molar-refractivity contribution in [3.63, 3.8) is 0 Å². The molecule has 0 fully saturated rings. The number of nitrogens with one attached hydrogen (secondary N) is 3. The number of carbonyl (C=O) groups is 2. The van der Waals surface area contributed by atoms with Crippen molar-refractivity contribution in [1.82, 2.24) is 0 Å². The van der Waals surface area contributed by atoms with Crippen LogP contribution in [0.15, 0.2) is 54.6 Å². The highest BCUT2D eigenvalue weighted by Gasteiger charge is 2.24. The Hall–Kier alpha value is -3.18. The maximum absolute atomic E-state index is 12.7. The molecule has 2 atom stereocenters. The zero-order chi connectivity index (χ0) is 21.8. The van der Waals surface area contributed by atoms with Gasteiger partial charge in [0, 0.05) is 11.4 Å². The molecule has 0 spiro atoms. The quantitative estimate of drug-likeness (QED) is 0.591. The molecule has 0 saturated carbocycles. The molecule has 1 unspecified atom stereocenters. The summed E-state index contributed by atoms with van der Waals surface area (Å²) in [6.07, 6.45) is 0. The maximum atomic E-state index is 12.7. The fraction of sp³-hybridized carbons (Fsp3) is 0.280. The van der Waals surface area contributed by atoms with Gasteiger partial charge in [0.1, 0.15) is 0 Å². The molecular weight excluding hydrogens is 374 g/mol. The van der Waals surface area contributed by atoms with Crippen LogP contribution < -0.4 is 15.5 Å². The van der Waals surface area contributed by atoms with E-state index in [-0.39, 0.29) is 24.4 Å². The highest BCUT2D eigenvalue weighted by atomic mass is 16.2. The van der Waals surface area contributed by atoms with Crippen molar-refractivity contribution in [2.75, 3.05) is 24.2 Å². The average Bonchev–Trinajstić information content (AvgIpc) is 2.69. The molecule has 30 heavy (non-hydrogen) atoms. The van der Waals surface area contributed by atoms with Gasteiger partial charge in [0.25, 0.3) is 11.8 Å². The van der Waals surface area contributed by atoms with Gasteiger partial charge in [-0.1, -0.05) is 48.0 Å². The number of hydrogen-bond acceptors (Lipinski definition) is 2. The van der Waals surface area contributed by atoms with E-state index < -0.39 is 0 Å². The van der Waals surface area contributed by atoms with Crippen LogP contribution >= 0.6 is 0 Å². The lowest BCUT2D eigenvalue weighted by Gasteiger charge is -2.21. The number of quaternary nitrogens is 1. The summed E-state index contributed by atoms with van der Waals surface area (Å²) in [5.41, 5.74) is 4.87. The molecule has 0 heterocycles. The van der Waals surface area contributed by atoms with Gasteiger partial charge in [-0.3, -0.25) is 9.59 Å². The summed E-state index contributed by atoms with van der Waals surface area (Å²) >= 11 is 0. The second-order valence-corrected chi connectivity index (χ2v) is 8.12. The Morgan fingerprint density at radius 2 is 1.53 bits per heavy atom. The van der Waals surface area contributed by atoms with Crippen LogP contribution in [0.25, 0.3) is 10.8 Å². The van der Waals surface area contributed by atoms with Gasteiger partial charge in [0.05, 0.1) is 7.05 Å². The van der Waals surface area contributed by atoms with Crippen LogP contribution in [-0.4, -0.2) is 31.4 Å². The lowest BCUT2D eigenvalue weighted by Crippen LogP contribution is -3.14. The molecule has 0 aliphatic heterocycles. The van der Waals surface area contributed by atoms with Gasteiger partial charge in [-0.15, -0.1) is 0 Å². The van der Waals surface area contributed by atoms with Gasteiger partial charge in [-0.05, 0) is 61.7 Å². The molecule has 0 aromatic heterocycles. The van der Waals surface area contributed by atoms with Gasteiger partial charge in [-0.2, -0.15) is 0 Å². The van der Waals surface area contributed by atoms with E-state index in [1.165, 1.54) is 5.56 Å². The van der Waals surface area contributed by atoms with Crippen molar-refractivity contribution in [1.29, 1.82) is 0 Å². The van der Waals surface area contributed by atoms with E-state index >= 15 is 0 Å². The molecule has 3 rings (SSSR count). The minimum absolute atomic E-state index is 0.104. The standard InChI is InChI=1S/C25H29N3O2/c1-16-12-17(2)24(18(3)13-16)27-23(29)15-28(5)19(4)25(30)26-22-11-10-20-8-6-7-9-21(20)14-22/h6-14,19H,15H2,1-5H3,(H,26,30)(H,27,29)/p+1/t19-/m1/s1. The van der Waals surface area contributed by atoms with Gasteiger partial charge < -0.3 is 15.5 Å². The third-order valence-corrected chi connectivity index (χ3v) is 5.53. The molecule has 0 bridgehead atoms. The summed E-state index contributed by atoms with van der Waals surface area (Å²) in [6, 6.07) is 17.6. The number of fused-ring (bicyclic) bond motifs is 1. The second-order valence-electron chi connectivity index (χ2n) is 8.12. The van der Waals surface area contributed by atoms with Gasteiger partial charge in [0.2, 0.25) is 0 Å². The number of carbonyl (C=O) groups excluding carboxylic acids is 2. The summed E-state index contributed by atoms with van der Waals surface area (Å²) in [7, 11) is 1.86. The van der Waals surface area contributed by atoms with Gasteiger partial charge in [-0.25, -0.2) is 0 Å². The Labute approximate surface area is 178 Å². The van der Waals surface area contributed by atoms with E-state index in [1.54, 1.807) is 0 Å². The molecule has 2 amide bonds. The molecule has 5 nitrogen and oxygen atoms in total. The normalized spacial score (nSPS) is 13.0. The fourth-order valence-corrected chi connectivity index (χ4v) is 3.71. The third kappa shape index (κ3) is 5.05. The van der Waals surface area contributed by atoms with Gasteiger partial charge in [0.15, 0.2) is 12.6 Å². The SMILES string of the molecule is Cc1cc(C)c(NC(=O)C[NH+](C)[C@H](C)C(=O)Nc2ccc3ccccc3c2)c(C)c1. The topological polar surface area (TPSA) is 62.6 Å². The van der Waals surface area contributed by atoms with Crippen LogP contribution in [-0.2, 0) is 9.59 Å². The molecule has 5 heteroatoms. The minimum Gasteiger partial charge on any atom is -0.321 e. The van der Waals surface area contributed by atoms with Crippen LogP contribution in [0.2, 0.25) is 0 Å². The fourth-order valence-electron chi connectivity index (χ4n) is 3.71. The van der Waals surface area contributed by atoms with Crippen molar-refractivity contribution < 1.29 is 14.5 Å². The lowest BCUT2D eigenvalue weighted by molar-refractivity contribution is -0.885. The van der Waals surface area contributed by atoms with Crippen molar-refractivity contribution in [3.05, 3.63) is 71.3 Å². The molecule has 0 aliphatic rings. The maximum Gasteiger partial charge on any atom is 0.282 e. The minimum atomic E-state index is -0.373. The number of aryl methyl sites for hydroxylation is 3. The van der Waals surface area contributed by atoms with Gasteiger partial charge >= 0.3 is 0 Å². The van der Waals surface area contributed by atoms with E-state index in [2.05, 4.69) is 22.8 Å². The molecule has 0 aliphatic carbocycles. The average molecular weight is 405 g/mol. The number of hydrogen-bond donors (Lipinski definition) is 3. The summed E-state index contributed by atoms with van der Waals surface area (Å²) in [4.78, 5) is 26.1. The van der Waals surface area contributed by atoms with E-state index in [9.17, 15) is 9.59 Å². The molecule has 0 radical (unpaired) electrons. The smallest absolute Gasteiger partial charge is 0.282 e. The first-order chi connectivity index (χ1) is 14.2. The second kappa shape index (κ2) is 9.09. The van der Waals surface area contributed by atoms with E-state index in [4.69, 9.17) is 0 Å². The first-order valence-electron chi connectivity index (χ1n) is 10.2. The Morgan fingerprint density at radius 3 is 2.20 bits per heavy atom. The van der Waals surface area contributed by atoms with E-state index in [1.807, 2.05) is 77.2 Å². The van der Waals surface area contributed by atoms with E-state index in [0.717, 1.165) is 38.2 Å². The zero-order valence-electron chi connectivity index (χ0n) is 18.3. The van der Waals surface area contributed by atoms with Crippen LogP contribution in [0.3, 0.4) is 0 Å². The lowest BCUT2D eigenvalue weighted by atomic mass is 10.1. The van der Waals surface area contributed by atoms with Crippen LogP contribution in [0.5, 0.6) is 0 Å². The Morgan fingerprint density at radius 1 is 0.900 bits per heavy atom. The number of rotatable bonds is 6. The Kier molecular flexibility index (Phi) is 6.53. The third-order valence-electron chi connectivity index (χ3n) is 5.53. The molecule has 3 N–H and O–H groups in total. The number of amides is 2. The summed E-state index contributed by atoms with van der Waals surface area (Å²) in [5.74, 6) is -0.216. The van der Waals surface area contributed by atoms with Crippen molar-refractivity contribution in [2.45, 2.75) is 33.7 Å². The number of anilines is 2. The summed E-state index contributed by atoms with van der Waals surface area (Å²) in [6.45, 7) is 8.07. The zero-order valence-corrected chi connectivity index (χ0v) is 18.3. The first kappa shape index (κ1) is 21.5. The summed E-state index contributed by atoms with van der Waals surface area (Å²) in [5, 5.41) is 8.18. The predicted molar refractivity (Wildman–Crippen MR) is 123 cm³/mol. The van der Waals surface area contributed by atoms with Crippen molar-refractivity contribution in [2.24, 2.45) is 0 Å². The Bertz CT molecular complexity index is 1070. The van der Waals surface area contributed by atoms with Crippen molar-refractivity contribution in [3.8, 4) is 0 Å². The highest BCUT2D eigenvalue weighted by Crippen LogP contribution is 2.21. The summed E-state index contributed by atoms with van der Waals surface area (Å²) < 4.78 is 0. The molecular formula is C25H30N3O2+. The number of benzene rings is 3. The molecule has 156 valence electrons. The van der Waals surface area contributed by atoms with Crippen LogP contribution in [0.1, 0.15) is 23.6 Å². The van der Waals surface area contributed by atoms with Crippen LogP contribution in [0.4, 0.5) is 11.4 Å². The predicted octanol–water partition coefficient (Wildman–Crippen LogP) is 3.25. The molecule has 3 aromatic rings. The Balaban J connectivity index is 1.60. The highest BCUT2D eigenvalue weighted by molar-refractivity contribution is 5.97.